The zero-order valence-corrected chi connectivity index (χ0v) is 14.7. The highest BCUT2D eigenvalue weighted by atomic mass is 16.2. The standard InChI is InChI=1S/C18H24N5O2/c1-22(2)14-5-7-23(8-6-14)16(24)4-3-12-9-13-11-20-21-17(13)15(10-12)18(19)25/h4,9-11,14H,3,5-8H2,1-2H3,(H2,19,25)(H,20,21). The number of piperidine rings is 1. The van der Waals surface area contributed by atoms with Crippen LogP contribution in [0.4, 0.5) is 0 Å². The highest BCUT2D eigenvalue weighted by Crippen LogP contribution is 2.20. The Hall–Kier alpha value is -2.41. The van der Waals surface area contributed by atoms with E-state index in [0.717, 1.165) is 36.9 Å². The van der Waals surface area contributed by atoms with Crippen LogP contribution in [0.2, 0.25) is 0 Å². The second kappa shape index (κ2) is 7.23. The van der Waals surface area contributed by atoms with Crippen LogP contribution < -0.4 is 5.73 Å². The van der Waals surface area contributed by atoms with Crippen molar-refractivity contribution < 1.29 is 9.59 Å². The topological polar surface area (TPSA) is 95.3 Å². The molecule has 7 nitrogen and oxygen atoms in total. The highest BCUT2D eigenvalue weighted by molar-refractivity contribution is 6.05. The molecule has 1 saturated heterocycles. The summed E-state index contributed by atoms with van der Waals surface area (Å²) in [5, 5.41) is 7.56. The van der Waals surface area contributed by atoms with E-state index in [1.165, 1.54) is 0 Å². The predicted molar refractivity (Wildman–Crippen MR) is 95.9 cm³/mol. The number of carbonyl (C=O) groups is 2. The molecule has 133 valence electrons. The van der Waals surface area contributed by atoms with Crippen LogP contribution in [0.25, 0.3) is 10.9 Å². The minimum absolute atomic E-state index is 0.0464. The summed E-state index contributed by atoms with van der Waals surface area (Å²) in [4.78, 5) is 28.2. The van der Waals surface area contributed by atoms with E-state index in [1.54, 1.807) is 18.7 Å². The van der Waals surface area contributed by atoms with Gasteiger partial charge in [0.05, 0.1) is 23.7 Å². The Bertz CT molecular complexity index is 775. The predicted octanol–water partition coefficient (Wildman–Crippen LogP) is 0.961. The summed E-state index contributed by atoms with van der Waals surface area (Å²) in [7, 11) is 4.16. The number of nitrogens with zero attached hydrogens (tertiary/aromatic N) is 3. The maximum Gasteiger partial charge on any atom is 0.250 e. The molecule has 1 radical (unpaired) electrons. The number of carbonyl (C=O) groups excluding carboxylic acids is 2. The number of hydrogen-bond acceptors (Lipinski definition) is 4. The van der Waals surface area contributed by atoms with Crippen LogP contribution in [0.15, 0.2) is 18.3 Å². The molecule has 1 aliphatic rings. The molecule has 0 spiro atoms. The molecule has 25 heavy (non-hydrogen) atoms. The minimum atomic E-state index is -0.506. The lowest BCUT2D eigenvalue weighted by Gasteiger charge is -2.35. The Morgan fingerprint density at radius 3 is 2.72 bits per heavy atom. The maximum atomic E-state index is 12.4. The number of benzene rings is 1. The molecule has 1 fully saturated rings. The number of amides is 2. The molecule has 3 rings (SSSR count). The Kier molecular flexibility index (Phi) is 5.03. The quantitative estimate of drug-likeness (QED) is 0.846. The Labute approximate surface area is 147 Å². The van der Waals surface area contributed by atoms with E-state index < -0.39 is 5.91 Å². The average Bonchev–Trinajstić information content (AvgIpc) is 3.07. The Morgan fingerprint density at radius 1 is 1.36 bits per heavy atom. The van der Waals surface area contributed by atoms with Crippen LogP contribution in [-0.2, 0) is 11.2 Å². The first-order chi connectivity index (χ1) is 12.0. The number of hydrogen-bond donors (Lipinski definition) is 2. The fourth-order valence-corrected chi connectivity index (χ4v) is 3.37. The number of nitrogens with two attached hydrogens (primary N) is 1. The number of rotatable bonds is 5. The molecule has 0 aliphatic carbocycles. The summed E-state index contributed by atoms with van der Waals surface area (Å²) in [6.45, 7) is 1.57. The van der Waals surface area contributed by atoms with Gasteiger partial charge >= 0.3 is 0 Å². The van der Waals surface area contributed by atoms with Crippen molar-refractivity contribution in [3.05, 3.63) is 35.9 Å². The van der Waals surface area contributed by atoms with Gasteiger partial charge in [0.2, 0.25) is 5.91 Å². The van der Waals surface area contributed by atoms with Crippen LogP contribution in [0, 0.1) is 6.42 Å². The van der Waals surface area contributed by atoms with E-state index in [9.17, 15) is 9.59 Å². The number of aromatic nitrogens is 2. The zero-order valence-electron chi connectivity index (χ0n) is 14.7. The van der Waals surface area contributed by atoms with Crippen LogP contribution >= 0.6 is 0 Å². The van der Waals surface area contributed by atoms with E-state index in [-0.39, 0.29) is 5.91 Å². The van der Waals surface area contributed by atoms with Gasteiger partial charge in [0, 0.05) is 24.5 Å². The molecule has 7 heteroatoms. The molecular formula is C18H24N5O2. The normalized spacial score (nSPS) is 15.9. The third kappa shape index (κ3) is 3.82. The molecule has 0 unspecified atom stereocenters. The van der Waals surface area contributed by atoms with Gasteiger partial charge in [-0.1, -0.05) is 0 Å². The first-order valence-corrected chi connectivity index (χ1v) is 8.50. The van der Waals surface area contributed by atoms with Crippen LogP contribution in [0.1, 0.15) is 28.8 Å². The molecular weight excluding hydrogens is 318 g/mol. The average molecular weight is 342 g/mol. The summed E-state index contributed by atoms with van der Waals surface area (Å²) >= 11 is 0. The summed E-state index contributed by atoms with van der Waals surface area (Å²) in [6.07, 6.45) is 5.80. The van der Waals surface area contributed by atoms with Crippen LogP contribution in [0.5, 0.6) is 0 Å². The van der Waals surface area contributed by atoms with Gasteiger partial charge in [-0.3, -0.25) is 14.7 Å². The SMILES string of the molecule is CN(C)C1CCN(C(=O)[CH]Cc2cc(C(N)=O)c3[nH]ncc3c2)CC1. The van der Waals surface area contributed by atoms with Crippen molar-refractivity contribution in [1.29, 1.82) is 0 Å². The number of H-pyrrole nitrogens is 1. The molecule has 3 N–H and O–H groups in total. The number of fused-ring (bicyclic) bond motifs is 1. The summed E-state index contributed by atoms with van der Waals surface area (Å²) < 4.78 is 0. The van der Waals surface area contributed by atoms with Gasteiger partial charge in [-0.2, -0.15) is 5.10 Å². The van der Waals surface area contributed by atoms with Crippen LogP contribution in [-0.4, -0.2) is 65.0 Å². The molecule has 2 amide bonds. The summed E-state index contributed by atoms with van der Waals surface area (Å²) in [6, 6.07) is 4.20. The van der Waals surface area contributed by atoms with Crippen molar-refractivity contribution >= 4 is 22.7 Å². The summed E-state index contributed by atoms with van der Waals surface area (Å²) in [5.74, 6) is -0.460. The number of aromatic amines is 1. The largest absolute Gasteiger partial charge is 0.366 e. The smallest absolute Gasteiger partial charge is 0.250 e. The van der Waals surface area contributed by atoms with Gasteiger partial charge in [-0.15, -0.1) is 0 Å². The Balaban J connectivity index is 1.63. The Morgan fingerprint density at radius 2 is 2.08 bits per heavy atom. The lowest BCUT2D eigenvalue weighted by Crippen LogP contribution is -2.44. The molecule has 1 aliphatic heterocycles. The minimum Gasteiger partial charge on any atom is -0.366 e. The first-order valence-electron chi connectivity index (χ1n) is 8.50. The van der Waals surface area contributed by atoms with Crippen molar-refractivity contribution in [3.8, 4) is 0 Å². The van der Waals surface area contributed by atoms with Gasteiger partial charge in [0.1, 0.15) is 0 Å². The van der Waals surface area contributed by atoms with E-state index in [2.05, 4.69) is 29.2 Å². The molecule has 1 aromatic carbocycles. The fourth-order valence-electron chi connectivity index (χ4n) is 3.37. The molecule has 2 heterocycles. The third-order valence-corrected chi connectivity index (χ3v) is 4.89. The van der Waals surface area contributed by atoms with E-state index in [1.807, 2.05) is 11.0 Å². The van der Waals surface area contributed by atoms with Crippen molar-refractivity contribution in [1.82, 2.24) is 20.0 Å². The molecule has 0 atom stereocenters. The van der Waals surface area contributed by atoms with E-state index >= 15 is 0 Å². The lowest BCUT2D eigenvalue weighted by atomic mass is 10.0. The number of nitrogens with one attached hydrogen (secondary N) is 1. The number of likely N-dealkylation sites (tertiary alicyclic amines) is 1. The van der Waals surface area contributed by atoms with Gasteiger partial charge in [0.25, 0.3) is 5.91 Å². The number of primary amides is 1. The molecule has 0 bridgehead atoms. The second-order valence-electron chi connectivity index (χ2n) is 6.77. The monoisotopic (exact) mass is 342 g/mol. The molecule has 2 aromatic rings. The van der Waals surface area contributed by atoms with Crippen molar-refractivity contribution in [3.63, 3.8) is 0 Å². The maximum absolute atomic E-state index is 12.4. The van der Waals surface area contributed by atoms with Gasteiger partial charge in [0.15, 0.2) is 0 Å². The van der Waals surface area contributed by atoms with Crippen molar-refractivity contribution in [2.24, 2.45) is 5.73 Å². The van der Waals surface area contributed by atoms with Crippen LogP contribution in [0.3, 0.4) is 0 Å². The van der Waals surface area contributed by atoms with Gasteiger partial charge in [-0.25, -0.2) is 0 Å². The van der Waals surface area contributed by atoms with Crippen molar-refractivity contribution in [2.45, 2.75) is 25.3 Å². The summed E-state index contributed by atoms with van der Waals surface area (Å²) in [5.41, 5.74) is 7.35. The second-order valence-corrected chi connectivity index (χ2v) is 6.77. The van der Waals surface area contributed by atoms with Gasteiger partial charge in [-0.05, 0) is 51.1 Å². The zero-order chi connectivity index (χ0) is 18.0. The van der Waals surface area contributed by atoms with E-state index in [0.29, 0.717) is 23.5 Å². The lowest BCUT2D eigenvalue weighted by molar-refractivity contribution is -0.129. The molecule has 0 saturated carbocycles. The van der Waals surface area contributed by atoms with E-state index in [4.69, 9.17) is 5.73 Å². The van der Waals surface area contributed by atoms with Gasteiger partial charge < -0.3 is 15.5 Å². The van der Waals surface area contributed by atoms with Crippen molar-refractivity contribution in [2.75, 3.05) is 27.2 Å². The fraction of sp³-hybridized carbons (Fsp3) is 0.444. The highest BCUT2D eigenvalue weighted by Gasteiger charge is 2.23. The third-order valence-electron chi connectivity index (χ3n) is 4.89. The molecule has 1 aromatic heterocycles. The first kappa shape index (κ1) is 17.4.